The van der Waals surface area contributed by atoms with Crippen LogP contribution in [0.3, 0.4) is 0 Å². The predicted molar refractivity (Wildman–Crippen MR) is 102 cm³/mol. The van der Waals surface area contributed by atoms with Gasteiger partial charge in [0.2, 0.25) is 5.95 Å². The summed E-state index contributed by atoms with van der Waals surface area (Å²) in [6, 6.07) is 19.1. The molecule has 2 N–H and O–H groups in total. The summed E-state index contributed by atoms with van der Waals surface area (Å²) >= 11 is 0. The Labute approximate surface area is 152 Å². The van der Waals surface area contributed by atoms with Gasteiger partial charge in [0, 0.05) is 18.4 Å². The fourth-order valence-corrected chi connectivity index (χ4v) is 2.40. The van der Waals surface area contributed by atoms with Crippen molar-refractivity contribution in [1.82, 2.24) is 9.97 Å². The third-order valence-corrected chi connectivity index (χ3v) is 3.80. The molecule has 0 saturated carbocycles. The number of rotatable bonds is 7. The molecule has 0 fully saturated rings. The van der Waals surface area contributed by atoms with E-state index in [1.807, 2.05) is 30.3 Å². The lowest BCUT2D eigenvalue weighted by Gasteiger charge is -2.09. The fourth-order valence-electron chi connectivity index (χ4n) is 2.40. The van der Waals surface area contributed by atoms with E-state index in [1.54, 1.807) is 25.4 Å². The summed E-state index contributed by atoms with van der Waals surface area (Å²) in [6.07, 6.45) is 2.58. The normalized spacial score (nSPS) is 10.0. The van der Waals surface area contributed by atoms with E-state index >= 15 is 0 Å². The maximum atomic E-state index is 8.84. The Morgan fingerprint density at radius 2 is 1.81 bits per heavy atom. The number of hydrogen-bond acceptors (Lipinski definition) is 6. The summed E-state index contributed by atoms with van der Waals surface area (Å²) < 4.78 is 5.16. The second-order valence-electron chi connectivity index (χ2n) is 5.60. The lowest BCUT2D eigenvalue weighted by molar-refractivity contribution is 0.414. The summed E-state index contributed by atoms with van der Waals surface area (Å²) in [6.45, 7) is 0.764. The first-order chi connectivity index (χ1) is 12.8. The van der Waals surface area contributed by atoms with Gasteiger partial charge in [0.15, 0.2) is 0 Å². The number of anilines is 3. The molecule has 1 aromatic heterocycles. The smallest absolute Gasteiger partial charge is 0.229 e. The van der Waals surface area contributed by atoms with E-state index in [0.29, 0.717) is 11.5 Å². The summed E-state index contributed by atoms with van der Waals surface area (Å²) in [5.41, 5.74) is 2.67. The maximum absolute atomic E-state index is 8.84. The molecular weight excluding hydrogens is 326 g/mol. The second kappa shape index (κ2) is 8.49. The molecule has 0 radical (unpaired) electrons. The van der Waals surface area contributed by atoms with Gasteiger partial charge in [-0.25, -0.2) is 4.98 Å². The maximum Gasteiger partial charge on any atom is 0.229 e. The van der Waals surface area contributed by atoms with Crippen molar-refractivity contribution in [2.45, 2.75) is 6.42 Å². The number of methoxy groups -OCH3 is 1. The van der Waals surface area contributed by atoms with Crippen LogP contribution < -0.4 is 15.4 Å². The van der Waals surface area contributed by atoms with E-state index in [1.165, 1.54) is 5.56 Å². The lowest BCUT2D eigenvalue weighted by atomic mass is 10.1. The van der Waals surface area contributed by atoms with Gasteiger partial charge in [-0.15, -0.1) is 0 Å². The van der Waals surface area contributed by atoms with E-state index in [-0.39, 0.29) is 0 Å². The highest BCUT2D eigenvalue weighted by Gasteiger charge is 2.01. The number of nitriles is 1. The molecule has 26 heavy (non-hydrogen) atoms. The Balaban J connectivity index is 1.55. The molecule has 2 aromatic carbocycles. The molecule has 6 nitrogen and oxygen atoms in total. The standard InChI is InChI=1S/C20H19N5O/c1-26-18-8-4-15(5-9-18)10-12-22-19-11-13-23-20(25-19)24-17-6-2-16(14-21)3-7-17/h2-9,11,13H,10,12H2,1H3,(H2,22,23,24,25). The molecule has 0 saturated heterocycles. The molecule has 130 valence electrons. The van der Waals surface area contributed by atoms with Crippen LogP contribution >= 0.6 is 0 Å². The zero-order chi connectivity index (χ0) is 18.2. The van der Waals surface area contributed by atoms with E-state index in [4.69, 9.17) is 10.00 Å². The number of ether oxygens (including phenoxy) is 1. The van der Waals surface area contributed by atoms with Gasteiger partial charge in [-0.3, -0.25) is 0 Å². The van der Waals surface area contributed by atoms with Crippen molar-refractivity contribution >= 4 is 17.5 Å². The van der Waals surface area contributed by atoms with Crippen molar-refractivity contribution in [2.75, 3.05) is 24.3 Å². The predicted octanol–water partition coefficient (Wildman–Crippen LogP) is 3.76. The minimum absolute atomic E-state index is 0.504. The molecule has 3 rings (SSSR count). The fraction of sp³-hybridized carbons (Fsp3) is 0.150. The van der Waals surface area contributed by atoms with Crippen LogP contribution in [0.5, 0.6) is 5.75 Å². The second-order valence-corrected chi connectivity index (χ2v) is 5.60. The average molecular weight is 345 g/mol. The molecule has 0 bridgehead atoms. The molecule has 0 spiro atoms. The van der Waals surface area contributed by atoms with Crippen LogP contribution in [0.25, 0.3) is 0 Å². The Morgan fingerprint density at radius 3 is 2.50 bits per heavy atom. The van der Waals surface area contributed by atoms with Crippen LogP contribution in [-0.2, 0) is 6.42 Å². The van der Waals surface area contributed by atoms with Crippen molar-refractivity contribution < 1.29 is 4.74 Å². The Hall–Kier alpha value is -3.59. The van der Waals surface area contributed by atoms with E-state index in [2.05, 4.69) is 38.8 Å². The summed E-state index contributed by atoms with van der Waals surface area (Å²) in [7, 11) is 1.66. The molecule has 3 aromatic rings. The van der Waals surface area contributed by atoms with Gasteiger partial charge in [-0.05, 0) is 54.4 Å². The largest absolute Gasteiger partial charge is 0.497 e. The topological polar surface area (TPSA) is 82.9 Å². The first kappa shape index (κ1) is 17.2. The quantitative estimate of drug-likeness (QED) is 0.678. The third-order valence-electron chi connectivity index (χ3n) is 3.80. The molecular formula is C20H19N5O. The molecule has 6 heteroatoms. The number of nitrogens with zero attached hydrogens (tertiary/aromatic N) is 3. The van der Waals surface area contributed by atoms with Gasteiger partial charge in [-0.2, -0.15) is 10.2 Å². The molecule has 0 aliphatic rings. The monoisotopic (exact) mass is 345 g/mol. The molecule has 1 heterocycles. The van der Waals surface area contributed by atoms with Crippen LogP contribution in [0.1, 0.15) is 11.1 Å². The average Bonchev–Trinajstić information content (AvgIpc) is 2.69. The van der Waals surface area contributed by atoms with Gasteiger partial charge < -0.3 is 15.4 Å². The number of aromatic nitrogens is 2. The van der Waals surface area contributed by atoms with Crippen molar-refractivity contribution in [1.29, 1.82) is 5.26 Å². The molecule has 0 amide bonds. The summed E-state index contributed by atoms with van der Waals surface area (Å²) in [5, 5.41) is 15.3. The lowest BCUT2D eigenvalue weighted by Crippen LogP contribution is -2.07. The minimum atomic E-state index is 0.504. The summed E-state index contributed by atoms with van der Waals surface area (Å²) in [4.78, 5) is 8.67. The molecule has 0 aliphatic heterocycles. The van der Waals surface area contributed by atoms with E-state index < -0.39 is 0 Å². The van der Waals surface area contributed by atoms with Crippen LogP contribution in [0.15, 0.2) is 60.8 Å². The SMILES string of the molecule is COc1ccc(CCNc2ccnc(Nc3ccc(C#N)cc3)n2)cc1. The van der Waals surface area contributed by atoms with Gasteiger partial charge in [-0.1, -0.05) is 12.1 Å². The Morgan fingerprint density at radius 1 is 1.04 bits per heavy atom. The van der Waals surface area contributed by atoms with Crippen molar-refractivity contribution in [3.05, 3.63) is 71.9 Å². The highest BCUT2D eigenvalue weighted by atomic mass is 16.5. The molecule has 0 atom stereocenters. The van der Waals surface area contributed by atoms with Gasteiger partial charge in [0.1, 0.15) is 11.6 Å². The zero-order valence-electron chi connectivity index (χ0n) is 14.4. The Kier molecular flexibility index (Phi) is 5.63. The van der Waals surface area contributed by atoms with Gasteiger partial charge in [0.05, 0.1) is 18.7 Å². The minimum Gasteiger partial charge on any atom is -0.497 e. The molecule has 0 unspecified atom stereocenters. The number of benzene rings is 2. The van der Waals surface area contributed by atoms with E-state index in [9.17, 15) is 0 Å². The van der Waals surface area contributed by atoms with Crippen molar-refractivity contribution in [3.8, 4) is 11.8 Å². The number of nitrogens with one attached hydrogen (secondary N) is 2. The van der Waals surface area contributed by atoms with Gasteiger partial charge in [0.25, 0.3) is 0 Å². The highest BCUT2D eigenvalue weighted by molar-refractivity contribution is 5.56. The van der Waals surface area contributed by atoms with Gasteiger partial charge >= 0.3 is 0 Å². The third kappa shape index (κ3) is 4.71. The Bertz CT molecular complexity index is 885. The summed E-state index contributed by atoms with van der Waals surface area (Å²) in [5.74, 6) is 2.12. The first-order valence-electron chi connectivity index (χ1n) is 8.24. The molecule has 0 aliphatic carbocycles. The van der Waals surface area contributed by atoms with Crippen molar-refractivity contribution in [3.63, 3.8) is 0 Å². The zero-order valence-corrected chi connectivity index (χ0v) is 14.4. The first-order valence-corrected chi connectivity index (χ1v) is 8.24. The highest BCUT2D eigenvalue weighted by Crippen LogP contribution is 2.15. The van der Waals surface area contributed by atoms with Crippen molar-refractivity contribution in [2.24, 2.45) is 0 Å². The van der Waals surface area contributed by atoms with Crippen LogP contribution in [0, 0.1) is 11.3 Å². The van der Waals surface area contributed by atoms with Crippen LogP contribution in [-0.4, -0.2) is 23.6 Å². The van der Waals surface area contributed by atoms with Crippen LogP contribution in [0.2, 0.25) is 0 Å². The number of hydrogen-bond donors (Lipinski definition) is 2. The van der Waals surface area contributed by atoms with E-state index in [0.717, 1.165) is 30.2 Å². The van der Waals surface area contributed by atoms with Crippen LogP contribution in [0.4, 0.5) is 17.5 Å².